The van der Waals surface area contributed by atoms with Crippen LogP contribution in [-0.2, 0) is 11.3 Å². The van der Waals surface area contributed by atoms with E-state index in [2.05, 4.69) is 29.3 Å². The van der Waals surface area contributed by atoms with Gasteiger partial charge in [-0.2, -0.15) is 0 Å². The van der Waals surface area contributed by atoms with Crippen LogP contribution in [0.1, 0.15) is 52.0 Å². The van der Waals surface area contributed by atoms with Crippen LogP contribution in [0.2, 0.25) is 0 Å². The molecule has 0 unspecified atom stereocenters. The van der Waals surface area contributed by atoms with Crippen LogP contribution in [0.25, 0.3) is 0 Å². The Bertz CT molecular complexity index is 541. The van der Waals surface area contributed by atoms with Crippen LogP contribution in [-0.4, -0.2) is 60.0 Å². The number of nitrogens with one attached hydrogen (secondary N) is 1. The number of carbonyl (C=O) groups excluding carboxylic acids is 1. The van der Waals surface area contributed by atoms with Gasteiger partial charge in [-0.25, -0.2) is 4.99 Å². The average Bonchev–Trinajstić information content (AvgIpc) is 3.01. The number of rotatable bonds is 8. The van der Waals surface area contributed by atoms with Crippen molar-refractivity contribution < 1.29 is 9.32 Å². The van der Waals surface area contributed by atoms with Crippen LogP contribution >= 0.6 is 24.0 Å². The Hall–Kier alpha value is -1.32. The highest BCUT2D eigenvalue weighted by Gasteiger charge is 2.15. The van der Waals surface area contributed by atoms with Crippen molar-refractivity contribution in [3.8, 4) is 0 Å². The Labute approximate surface area is 168 Å². The molecule has 0 aromatic carbocycles. The van der Waals surface area contributed by atoms with E-state index in [1.807, 2.05) is 43.7 Å². The van der Waals surface area contributed by atoms with Crippen molar-refractivity contribution in [1.82, 2.24) is 20.3 Å². The molecule has 0 radical (unpaired) electrons. The summed E-state index contributed by atoms with van der Waals surface area (Å²) in [5, 5.41) is 7.24. The van der Waals surface area contributed by atoms with Gasteiger partial charge in [0.2, 0.25) is 5.91 Å². The number of guanidine groups is 1. The number of halogens is 1. The maximum atomic E-state index is 12.2. The highest BCUT2D eigenvalue weighted by Crippen LogP contribution is 2.14. The lowest BCUT2D eigenvalue weighted by molar-refractivity contribution is -0.131. The third kappa shape index (κ3) is 7.62. The molecule has 0 atom stereocenters. The van der Waals surface area contributed by atoms with Gasteiger partial charge in [0, 0.05) is 32.7 Å². The first-order valence-electron chi connectivity index (χ1n) is 8.65. The fourth-order valence-electron chi connectivity index (χ4n) is 2.25. The van der Waals surface area contributed by atoms with Gasteiger partial charge in [0.1, 0.15) is 6.54 Å². The molecule has 7 nitrogen and oxygen atoms in total. The largest absolute Gasteiger partial charge is 0.359 e. The molecule has 1 rings (SSSR count). The van der Waals surface area contributed by atoms with Gasteiger partial charge in [-0.05, 0) is 26.7 Å². The van der Waals surface area contributed by atoms with Gasteiger partial charge in [0.25, 0.3) is 0 Å². The van der Waals surface area contributed by atoms with E-state index in [-0.39, 0.29) is 29.9 Å². The maximum absolute atomic E-state index is 12.2. The number of hydrogen-bond acceptors (Lipinski definition) is 4. The SMILES string of the molecule is CCNC(=NCc1cc(C(C)C)no1)N(C)CC(=O)N(CC)CC.I. The van der Waals surface area contributed by atoms with Crippen molar-refractivity contribution in [3.63, 3.8) is 0 Å². The summed E-state index contributed by atoms with van der Waals surface area (Å²) in [5.41, 5.74) is 0.926. The molecule has 0 saturated carbocycles. The van der Waals surface area contributed by atoms with Crippen molar-refractivity contribution in [2.75, 3.05) is 33.2 Å². The van der Waals surface area contributed by atoms with Gasteiger partial charge in [-0.1, -0.05) is 19.0 Å². The lowest BCUT2D eigenvalue weighted by Gasteiger charge is -2.25. The normalized spacial score (nSPS) is 11.2. The van der Waals surface area contributed by atoms with E-state index in [0.717, 1.165) is 18.0 Å². The molecule has 1 aromatic heterocycles. The molecule has 1 N–H and O–H groups in total. The molecule has 0 aliphatic carbocycles. The standard InChI is InChI=1S/C17H31N5O2.HI/c1-7-18-17(21(6)12-16(23)22(8-2)9-3)19-11-14-10-15(13(4)5)20-24-14;/h10,13H,7-9,11-12H2,1-6H3,(H,18,19);1H. The van der Waals surface area contributed by atoms with E-state index >= 15 is 0 Å². The first-order valence-corrected chi connectivity index (χ1v) is 8.65. The molecule has 0 aliphatic rings. The van der Waals surface area contributed by atoms with Crippen molar-refractivity contribution in [2.45, 2.75) is 47.1 Å². The van der Waals surface area contributed by atoms with E-state index in [4.69, 9.17) is 4.52 Å². The van der Waals surface area contributed by atoms with Crippen molar-refractivity contribution in [2.24, 2.45) is 4.99 Å². The van der Waals surface area contributed by atoms with Crippen LogP contribution in [0, 0.1) is 0 Å². The zero-order chi connectivity index (χ0) is 18.1. The molecule has 1 heterocycles. The smallest absolute Gasteiger partial charge is 0.242 e. The van der Waals surface area contributed by atoms with E-state index in [1.165, 1.54) is 0 Å². The van der Waals surface area contributed by atoms with E-state index in [1.54, 1.807) is 0 Å². The first kappa shape index (κ1) is 23.7. The van der Waals surface area contributed by atoms with Gasteiger partial charge in [0.15, 0.2) is 11.7 Å². The number of hydrogen-bond donors (Lipinski definition) is 1. The molecule has 25 heavy (non-hydrogen) atoms. The molecule has 1 aromatic rings. The van der Waals surface area contributed by atoms with Gasteiger partial charge in [-0.3, -0.25) is 4.79 Å². The fourth-order valence-corrected chi connectivity index (χ4v) is 2.25. The molecule has 144 valence electrons. The average molecular weight is 465 g/mol. The summed E-state index contributed by atoms with van der Waals surface area (Å²) in [6.45, 7) is 13.0. The Morgan fingerprint density at radius 3 is 2.44 bits per heavy atom. The molecule has 1 amide bonds. The number of likely N-dealkylation sites (N-methyl/N-ethyl adjacent to an activating group) is 2. The molecule has 8 heteroatoms. The predicted molar refractivity (Wildman–Crippen MR) is 111 cm³/mol. The summed E-state index contributed by atoms with van der Waals surface area (Å²) in [7, 11) is 1.86. The van der Waals surface area contributed by atoms with E-state index in [0.29, 0.717) is 38.1 Å². The second-order valence-electron chi connectivity index (χ2n) is 5.97. The lowest BCUT2D eigenvalue weighted by atomic mass is 10.1. The fraction of sp³-hybridized carbons (Fsp3) is 0.706. The number of aromatic nitrogens is 1. The summed E-state index contributed by atoms with van der Waals surface area (Å²) < 4.78 is 5.31. The Morgan fingerprint density at radius 2 is 1.96 bits per heavy atom. The summed E-state index contributed by atoms with van der Waals surface area (Å²) in [5.74, 6) is 1.82. The highest BCUT2D eigenvalue weighted by atomic mass is 127. The minimum atomic E-state index is 0. The van der Waals surface area contributed by atoms with Crippen LogP contribution in [0.5, 0.6) is 0 Å². The minimum Gasteiger partial charge on any atom is -0.359 e. The van der Waals surface area contributed by atoms with Crippen LogP contribution < -0.4 is 5.32 Å². The molecular weight excluding hydrogens is 433 g/mol. The minimum absolute atomic E-state index is 0. The monoisotopic (exact) mass is 465 g/mol. The van der Waals surface area contributed by atoms with Gasteiger partial charge < -0.3 is 19.6 Å². The lowest BCUT2D eigenvalue weighted by Crippen LogP contribution is -2.45. The summed E-state index contributed by atoms with van der Waals surface area (Å²) in [6.07, 6.45) is 0. The molecule has 0 saturated heterocycles. The van der Waals surface area contributed by atoms with Crippen LogP contribution in [0.15, 0.2) is 15.6 Å². The molecule has 0 bridgehead atoms. The highest BCUT2D eigenvalue weighted by molar-refractivity contribution is 14.0. The van der Waals surface area contributed by atoms with Crippen molar-refractivity contribution >= 4 is 35.8 Å². The summed E-state index contributed by atoms with van der Waals surface area (Å²) in [4.78, 5) is 20.4. The quantitative estimate of drug-likeness (QED) is 0.363. The molecule has 0 aliphatic heterocycles. The molecular formula is C17H32IN5O2. The third-order valence-electron chi connectivity index (χ3n) is 3.74. The van der Waals surface area contributed by atoms with Crippen LogP contribution in [0.4, 0.5) is 0 Å². The second kappa shape index (κ2) is 12.1. The summed E-state index contributed by atoms with van der Waals surface area (Å²) in [6, 6.07) is 1.93. The maximum Gasteiger partial charge on any atom is 0.242 e. The Balaban J connectivity index is 0.00000576. The van der Waals surface area contributed by atoms with Gasteiger partial charge in [0.05, 0.1) is 12.2 Å². The van der Waals surface area contributed by atoms with Crippen LogP contribution in [0.3, 0.4) is 0 Å². The third-order valence-corrected chi connectivity index (χ3v) is 3.74. The van der Waals surface area contributed by atoms with E-state index in [9.17, 15) is 4.79 Å². The number of nitrogens with zero attached hydrogens (tertiary/aromatic N) is 4. The summed E-state index contributed by atoms with van der Waals surface area (Å²) >= 11 is 0. The molecule has 0 fully saturated rings. The van der Waals surface area contributed by atoms with Gasteiger partial charge in [-0.15, -0.1) is 24.0 Å². The number of aliphatic imine (C=N–C) groups is 1. The number of carbonyl (C=O) groups is 1. The first-order chi connectivity index (χ1) is 11.4. The number of amides is 1. The van der Waals surface area contributed by atoms with Crippen molar-refractivity contribution in [1.29, 1.82) is 0 Å². The topological polar surface area (TPSA) is 74.0 Å². The Kier molecular flexibility index (Phi) is 11.5. The predicted octanol–water partition coefficient (Wildman–Crippen LogP) is 2.68. The van der Waals surface area contributed by atoms with Gasteiger partial charge >= 0.3 is 0 Å². The molecule has 0 spiro atoms. The van der Waals surface area contributed by atoms with Crippen molar-refractivity contribution in [3.05, 3.63) is 17.5 Å². The Morgan fingerprint density at radius 1 is 1.32 bits per heavy atom. The second-order valence-corrected chi connectivity index (χ2v) is 5.97. The van der Waals surface area contributed by atoms with E-state index < -0.39 is 0 Å². The zero-order valence-corrected chi connectivity index (χ0v) is 18.5. The zero-order valence-electron chi connectivity index (χ0n) is 16.2.